The number of carbonyl (C=O) groups excluding carboxylic acids is 1. The van der Waals surface area contributed by atoms with Gasteiger partial charge in [0.25, 0.3) is 0 Å². The third-order valence-electron chi connectivity index (χ3n) is 2.75. The molecule has 0 amide bonds. The third kappa shape index (κ3) is 3.23. The maximum absolute atomic E-state index is 13.9. The van der Waals surface area contributed by atoms with Gasteiger partial charge in [-0.1, -0.05) is 30.3 Å². The van der Waals surface area contributed by atoms with Gasteiger partial charge in [0.2, 0.25) is 0 Å². The molecule has 2 aromatic rings. The SMILES string of the molecule is O=Cc1cc(B(O)O)cc(F)c1OCc1ccccc1. The zero-order valence-corrected chi connectivity index (χ0v) is 10.5. The van der Waals surface area contributed by atoms with E-state index in [1.807, 2.05) is 30.3 Å². The van der Waals surface area contributed by atoms with Gasteiger partial charge in [0, 0.05) is 0 Å². The Morgan fingerprint density at radius 2 is 1.90 bits per heavy atom. The van der Waals surface area contributed by atoms with Gasteiger partial charge < -0.3 is 14.8 Å². The van der Waals surface area contributed by atoms with Crippen molar-refractivity contribution in [3.8, 4) is 5.75 Å². The van der Waals surface area contributed by atoms with Crippen LogP contribution in [0, 0.1) is 5.82 Å². The summed E-state index contributed by atoms with van der Waals surface area (Å²) in [6.07, 6.45) is 0.412. The van der Waals surface area contributed by atoms with E-state index in [1.54, 1.807) is 0 Å². The highest BCUT2D eigenvalue weighted by molar-refractivity contribution is 6.58. The van der Waals surface area contributed by atoms with Crippen molar-refractivity contribution >= 4 is 18.9 Å². The van der Waals surface area contributed by atoms with E-state index in [2.05, 4.69) is 0 Å². The Kier molecular flexibility index (Phi) is 4.50. The maximum atomic E-state index is 13.9. The number of hydrogen-bond donors (Lipinski definition) is 2. The topological polar surface area (TPSA) is 66.8 Å². The lowest BCUT2D eigenvalue weighted by atomic mass is 9.79. The van der Waals surface area contributed by atoms with Crippen molar-refractivity contribution < 1.29 is 24.0 Å². The van der Waals surface area contributed by atoms with Crippen molar-refractivity contribution in [1.29, 1.82) is 0 Å². The van der Waals surface area contributed by atoms with Crippen LogP contribution in [0.1, 0.15) is 15.9 Å². The smallest absolute Gasteiger partial charge is 0.485 e. The van der Waals surface area contributed by atoms with Crippen molar-refractivity contribution in [2.45, 2.75) is 6.61 Å². The van der Waals surface area contributed by atoms with E-state index in [-0.39, 0.29) is 23.4 Å². The van der Waals surface area contributed by atoms with Gasteiger partial charge in [-0.25, -0.2) is 4.39 Å². The van der Waals surface area contributed by atoms with E-state index in [0.717, 1.165) is 11.6 Å². The normalized spacial score (nSPS) is 10.2. The van der Waals surface area contributed by atoms with E-state index >= 15 is 0 Å². The number of benzene rings is 2. The lowest BCUT2D eigenvalue weighted by molar-refractivity contribution is 0.111. The zero-order valence-electron chi connectivity index (χ0n) is 10.5. The molecule has 2 N–H and O–H groups in total. The molecular formula is C14H12BFO4. The fourth-order valence-corrected chi connectivity index (χ4v) is 1.76. The molecule has 20 heavy (non-hydrogen) atoms. The molecule has 0 aliphatic carbocycles. The van der Waals surface area contributed by atoms with Crippen molar-refractivity contribution in [3.63, 3.8) is 0 Å². The first-order valence-electron chi connectivity index (χ1n) is 5.93. The molecule has 6 heteroatoms. The molecule has 0 aliphatic heterocycles. The Hall–Kier alpha value is -2.18. The monoisotopic (exact) mass is 274 g/mol. The highest BCUT2D eigenvalue weighted by atomic mass is 19.1. The van der Waals surface area contributed by atoms with Gasteiger partial charge in [-0.3, -0.25) is 4.79 Å². The van der Waals surface area contributed by atoms with Crippen LogP contribution in [0.15, 0.2) is 42.5 Å². The second kappa shape index (κ2) is 6.32. The minimum absolute atomic E-state index is 0.0657. The molecule has 0 aromatic heterocycles. The molecule has 0 heterocycles. The van der Waals surface area contributed by atoms with Crippen LogP contribution in [-0.2, 0) is 6.61 Å². The van der Waals surface area contributed by atoms with Crippen LogP contribution >= 0.6 is 0 Å². The number of hydrogen-bond acceptors (Lipinski definition) is 4. The fourth-order valence-electron chi connectivity index (χ4n) is 1.76. The van der Waals surface area contributed by atoms with E-state index in [4.69, 9.17) is 14.8 Å². The summed E-state index contributed by atoms with van der Waals surface area (Å²) in [6.45, 7) is 0.111. The van der Waals surface area contributed by atoms with Crippen LogP contribution in [0.5, 0.6) is 5.75 Å². The van der Waals surface area contributed by atoms with Crippen LogP contribution in [-0.4, -0.2) is 23.5 Å². The number of carbonyl (C=O) groups is 1. The third-order valence-corrected chi connectivity index (χ3v) is 2.75. The van der Waals surface area contributed by atoms with Crippen LogP contribution in [0.25, 0.3) is 0 Å². The van der Waals surface area contributed by atoms with Crippen molar-refractivity contribution in [1.82, 2.24) is 0 Å². The molecule has 0 saturated heterocycles. The molecule has 102 valence electrons. The summed E-state index contributed by atoms with van der Waals surface area (Å²) in [5.74, 6) is -1.01. The predicted octanol–water partition coefficient (Wildman–Crippen LogP) is 0.897. The first-order chi connectivity index (χ1) is 9.61. The van der Waals surface area contributed by atoms with Gasteiger partial charge in [0.05, 0.1) is 5.56 Å². The summed E-state index contributed by atoms with van der Waals surface area (Å²) < 4.78 is 19.2. The fraction of sp³-hybridized carbons (Fsp3) is 0.0714. The summed E-state index contributed by atoms with van der Waals surface area (Å²) >= 11 is 0. The van der Waals surface area contributed by atoms with Crippen molar-refractivity contribution in [3.05, 3.63) is 59.4 Å². The summed E-state index contributed by atoms with van der Waals surface area (Å²) in [5.41, 5.74) is 0.663. The Balaban J connectivity index is 2.25. The molecule has 0 aliphatic rings. The van der Waals surface area contributed by atoms with Gasteiger partial charge in [0.1, 0.15) is 6.61 Å². The maximum Gasteiger partial charge on any atom is 0.488 e. The van der Waals surface area contributed by atoms with Gasteiger partial charge in [-0.15, -0.1) is 0 Å². The standard InChI is InChI=1S/C14H12BFO4/c16-13-7-12(15(18)19)6-11(8-17)14(13)20-9-10-4-2-1-3-5-10/h1-8,18-19H,9H2. The van der Waals surface area contributed by atoms with Crippen molar-refractivity contribution in [2.75, 3.05) is 0 Å². The Morgan fingerprint density at radius 3 is 2.50 bits per heavy atom. The number of rotatable bonds is 5. The first kappa shape index (κ1) is 14.2. The highest BCUT2D eigenvalue weighted by Crippen LogP contribution is 2.21. The molecule has 0 bridgehead atoms. The molecular weight excluding hydrogens is 262 g/mol. The number of halogens is 1. The molecule has 0 unspecified atom stereocenters. The van der Waals surface area contributed by atoms with Gasteiger partial charge >= 0.3 is 7.12 Å². The average Bonchev–Trinajstić information content (AvgIpc) is 2.46. The van der Waals surface area contributed by atoms with Gasteiger partial charge in [-0.2, -0.15) is 0 Å². The summed E-state index contributed by atoms with van der Waals surface area (Å²) in [6, 6.07) is 11.2. The average molecular weight is 274 g/mol. The highest BCUT2D eigenvalue weighted by Gasteiger charge is 2.18. The lowest BCUT2D eigenvalue weighted by Crippen LogP contribution is -2.30. The van der Waals surface area contributed by atoms with Crippen LogP contribution < -0.4 is 10.2 Å². The second-order valence-corrected chi connectivity index (χ2v) is 4.19. The molecule has 0 fully saturated rings. The van der Waals surface area contributed by atoms with Crippen molar-refractivity contribution in [2.24, 2.45) is 0 Å². The van der Waals surface area contributed by atoms with E-state index in [0.29, 0.717) is 6.29 Å². The van der Waals surface area contributed by atoms with Crippen LogP contribution in [0.4, 0.5) is 4.39 Å². The summed E-state index contributed by atoms with van der Waals surface area (Å²) in [5, 5.41) is 18.0. The zero-order chi connectivity index (χ0) is 14.5. The first-order valence-corrected chi connectivity index (χ1v) is 5.93. The quantitative estimate of drug-likeness (QED) is 0.628. The molecule has 2 rings (SSSR count). The second-order valence-electron chi connectivity index (χ2n) is 4.19. The Labute approximate surface area is 115 Å². The molecule has 0 spiro atoms. The molecule has 2 aromatic carbocycles. The molecule has 0 radical (unpaired) electrons. The Bertz CT molecular complexity index is 602. The van der Waals surface area contributed by atoms with E-state index in [9.17, 15) is 9.18 Å². The number of aldehydes is 1. The van der Waals surface area contributed by atoms with Gasteiger partial charge in [0.15, 0.2) is 17.9 Å². The Morgan fingerprint density at radius 1 is 1.20 bits per heavy atom. The largest absolute Gasteiger partial charge is 0.488 e. The van der Waals surface area contributed by atoms with Crippen LogP contribution in [0.2, 0.25) is 0 Å². The minimum atomic E-state index is -1.84. The van der Waals surface area contributed by atoms with Crippen LogP contribution in [0.3, 0.4) is 0 Å². The molecule has 0 saturated carbocycles. The van der Waals surface area contributed by atoms with Gasteiger partial charge in [-0.05, 0) is 23.2 Å². The minimum Gasteiger partial charge on any atom is -0.485 e. The summed E-state index contributed by atoms with van der Waals surface area (Å²) in [4.78, 5) is 11.0. The molecule has 0 atom stereocenters. The lowest BCUT2D eigenvalue weighted by Gasteiger charge is -2.11. The van der Waals surface area contributed by atoms with E-state index in [1.165, 1.54) is 6.07 Å². The predicted molar refractivity (Wildman–Crippen MR) is 72.4 cm³/mol. The van der Waals surface area contributed by atoms with E-state index < -0.39 is 12.9 Å². The number of ether oxygens (including phenoxy) is 1. The summed E-state index contributed by atoms with van der Waals surface area (Å²) in [7, 11) is -1.84. The molecule has 4 nitrogen and oxygen atoms in total.